The fraction of sp³-hybridized carbons (Fsp3) is 0.188. The van der Waals surface area contributed by atoms with Crippen molar-refractivity contribution in [3.05, 3.63) is 53.2 Å². The Labute approximate surface area is 139 Å². The second-order valence-electron chi connectivity index (χ2n) is 4.73. The van der Waals surface area contributed by atoms with E-state index in [1.165, 1.54) is 7.05 Å². The Hall–Kier alpha value is -2.60. The van der Waals surface area contributed by atoms with Crippen LogP contribution in [0.25, 0.3) is 5.69 Å². The number of aromatic nitrogens is 2. The number of carbonyl (C=O) groups excluding carboxylic acids is 1. The van der Waals surface area contributed by atoms with E-state index in [0.717, 1.165) is 5.69 Å². The van der Waals surface area contributed by atoms with Gasteiger partial charge in [0.05, 0.1) is 5.69 Å². The number of nitrogens with zero attached hydrogens (tertiary/aromatic N) is 2. The molecule has 0 aliphatic heterocycles. The number of rotatable bonds is 6. The summed E-state index contributed by atoms with van der Waals surface area (Å²) in [4.78, 5) is 11.3. The number of hydrogen-bond acceptors (Lipinski definition) is 4. The number of carbonyl (C=O) groups is 1. The molecule has 0 aliphatic carbocycles. The predicted molar refractivity (Wildman–Crippen MR) is 89.6 cm³/mol. The van der Waals surface area contributed by atoms with Gasteiger partial charge < -0.3 is 10.1 Å². The summed E-state index contributed by atoms with van der Waals surface area (Å²) in [5.41, 5.74) is 1.33. The Balaban J connectivity index is 1.96. The summed E-state index contributed by atoms with van der Waals surface area (Å²) in [5.74, 6) is 0.0289. The molecule has 1 aromatic heterocycles. The molecule has 0 saturated heterocycles. The van der Waals surface area contributed by atoms with Gasteiger partial charge in [-0.1, -0.05) is 11.6 Å². The highest BCUT2D eigenvalue weighted by atomic mass is 35.5. The minimum absolute atomic E-state index is 0.0807. The normalized spacial score (nSPS) is 11.2. The Morgan fingerprint density at radius 2 is 2.09 bits per heavy atom. The lowest BCUT2D eigenvalue weighted by molar-refractivity contribution is -0.114. The van der Waals surface area contributed by atoms with Gasteiger partial charge in [-0.25, -0.2) is 4.68 Å². The smallest absolute Gasteiger partial charge is 0.269 e. The molecular formula is C16H17ClN4O2. The predicted octanol–water partition coefficient (Wildman–Crippen LogP) is 2.62. The lowest BCUT2D eigenvalue weighted by atomic mass is 10.1. The summed E-state index contributed by atoms with van der Waals surface area (Å²) in [6.07, 6.45) is 3.45. The van der Waals surface area contributed by atoms with Crippen molar-refractivity contribution < 1.29 is 9.53 Å². The van der Waals surface area contributed by atoms with Crippen LogP contribution < -0.4 is 10.1 Å². The van der Waals surface area contributed by atoms with Crippen molar-refractivity contribution in [1.82, 2.24) is 15.1 Å². The van der Waals surface area contributed by atoms with E-state index in [4.69, 9.17) is 21.7 Å². The zero-order chi connectivity index (χ0) is 16.8. The molecule has 2 aromatic rings. The van der Waals surface area contributed by atoms with E-state index < -0.39 is 5.91 Å². The molecule has 6 nitrogen and oxygen atoms in total. The lowest BCUT2D eigenvalue weighted by Crippen LogP contribution is -2.27. The monoisotopic (exact) mass is 332 g/mol. The molecule has 0 radical (unpaired) electrons. The van der Waals surface area contributed by atoms with E-state index in [1.807, 2.05) is 12.1 Å². The first-order valence-electron chi connectivity index (χ1n) is 6.93. The van der Waals surface area contributed by atoms with Gasteiger partial charge in [-0.2, -0.15) is 0 Å². The topological polar surface area (TPSA) is 80.0 Å². The van der Waals surface area contributed by atoms with Crippen LogP contribution in [-0.4, -0.2) is 35.1 Å². The summed E-state index contributed by atoms with van der Waals surface area (Å²) in [5, 5.41) is 15.0. The molecule has 0 aliphatic rings. The molecule has 7 heteroatoms. The van der Waals surface area contributed by atoms with Crippen molar-refractivity contribution in [2.24, 2.45) is 0 Å². The van der Waals surface area contributed by atoms with Crippen molar-refractivity contribution in [3.63, 3.8) is 0 Å². The van der Waals surface area contributed by atoms with E-state index in [2.05, 4.69) is 10.4 Å². The van der Waals surface area contributed by atoms with Crippen LogP contribution in [0.1, 0.15) is 6.92 Å². The van der Waals surface area contributed by atoms with E-state index in [9.17, 15) is 4.79 Å². The quantitative estimate of drug-likeness (QED) is 0.798. The van der Waals surface area contributed by atoms with Gasteiger partial charge in [0.15, 0.2) is 0 Å². The summed E-state index contributed by atoms with van der Waals surface area (Å²) in [6.45, 7) is 1.91. The molecule has 0 atom stereocenters. The molecule has 0 saturated carbocycles. The Morgan fingerprint density at radius 1 is 1.39 bits per heavy atom. The highest BCUT2D eigenvalue weighted by Gasteiger charge is 2.08. The van der Waals surface area contributed by atoms with Crippen LogP contribution in [0.4, 0.5) is 0 Å². The maximum atomic E-state index is 11.3. The summed E-state index contributed by atoms with van der Waals surface area (Å²) >= 11 is 5.85. The zero-order valence-corrected chi connectivity index (χ0v) is 13.6. The summed E-state index contributed by atoms with van der Waals surface area (Å²) in [7, 11) is 1.49. The van der Waals surface area contributed by atoms with Crippen LogP contribution in [0, 0.1) is 5.41 Å². The standard InChI is InChI=1S/C16H17ClN4O2/c1-11(15(18)16(22)19-2)8-10-23-14-7-9-21(20-14)13-5-3-12(17)4-6-13/h3-9,18H,10H2,1-2H3,(H,19,22)/b11-8-,18-15?. The maximum absolute atomic E-state index is 11.3. The summed E-state index contributed by atoms with van der Waals surface area (Å²) in [6, 6.07) is 9.02. The largest absolute Gasteiger partial charge is 0.472 e. The average molecular weight is 333 g/mol. The van der Waals surface area contributed by atoms with Crippen LogP contribution in [0.3, 0.4) is 0 Å². The second kappa shape index (κ2) is 7.60. The molecule has 23 heavy (non-hydrogen) atoms. The minimum Gasteiger partial charge on any atom is -0.472 e. The van der Waals surface area contributed by atoms with E-state index in [1.54, 1.807) is 42.1 Å². The fourth-order valence-corrected chi connectivity index (χ4v) is 1.91. The molecule has 120 valence electrons. The molecule has 2 rings (SSSR count). The summed E-state index contributed by atoms with van der Waals surface area (Å²) < 4.78 is 7.18. The average Bonchev–Trinajstić information content (AvgIpc) is 3.02. The first-order valence-corrected chi connectivity index (χ1v) is 7.31. The van der Waals surface area contributed by atoms with E-state index in [0.29, 0.717) is 16.5 Å². The van der Waals surface area contributed by atoms with Crippen LogP contribution in [0.2, 0.25) is 5.02 Å². The van der Waals surface area contributed by atoms with Gasteiger partial charge in [0, 0.05) is 24.3 Å². The Kier molecular flexibility index (Phi) is 5.54. The van der Waals surface area contributed by atoms with Gasteiger partial charge in [0.25, 0.3) is 5.91 Å². The zero-order valence-electron chi connectivity index (χ0n) is 12.8. The van der Waals surface area contributed by atoms with E-state index in [-0.39, 0.29) is 12.3 Å². The number of nitrogens with one attached hydrogen (secondary N) is 2. The van der Waals surface area contributed by atoms with Crippen LogP contribution in [-0.2, 0) is 4.79 Å². The van der Waals surface area contributed by atoms with Crippen molar-refractivity contribution in [2.45, 2.75) is 6.92 Å². The van der Waals surface area contributed by atoms with Crippen LogP contribution in [0.15, 0.2) is 48.2 Å². The minimum atomic E-state index is -0.425. The third-order valence-corrected chi connectivity index (χ3v) is 3.38. The number of ether oxygens (including phenoxy) is 1. The van der Waals surface area contributed by atoms with E-state index >= 15 is 0 Å². The van der Waals surface area contributed by atoms with Crippen molar-refractivity contribution in [2.75, 3.05) is 13.7 Å². The number of halogens is 1. The molecule has 0 unspecified atom stereocenters. The molecule has 0 fully saturated rings. The molecule has 0 bridgehead atoms. The van der Waals surface area contributed by atoms with Crippen molar-refractivity contribution in [3.8, 4) is 11.6 Å². The highest BCUT2D eigenvalue weighted by molar-refractivity contribution is 6.43. The third-order valence-electron chi connectivity index (χ3n) is 3.12. The fourth-order valence-electron chi connectivity index (χ4n) is 1.78. The first kappa shape index (κ1) is 16.8. The molecular weight excluding hydrogens is 316 g/mol. The molecule has 1 amide bonds. The number of hydrogen-bond donors (Lipinski definition) is 2. The second-order valence-corrected chi connectivity index (χ2v) is 5.16. The molecule has 0 spiro atoms. The Morgan fingerprint density at radius 3 is 2.74 bits per heavy atom. The van der Waals surface area contributed by atoms with Crippen LogP contribution >= 0.6 is 11.6 Å². The van der Waals surface area contributed by atoms with Gasteiger partial charge in [-0.05, 0) is 42.8 Å². The molecule has 1 heterocycles. The van der Waals surface area contributed by atoms with Gasteiger partial charge in [-0.15, -0.1) is 5.10 Å². The van der Waals surface area contributed by atoms with Crippen molar-refractivity contribution in [1.29, 1.82) is 5.41 Å². The number of amides is 1. The lowest BCUT2D eigenvalue weighted by Gasteiger charge is -2.04. The van der Waals surface area contributed by atoms with Gasteiger partial charge in [0.2, 0.25) is 5.88 Å². The third kappa shape index (κ3) is 4.43. The van der Waals surface area contributed by atoms with Gasteiger partial charge in [0.1, 0.15) is 12.3 Å². The number of benzene rings is 1. The maximum Gasteiger partial charge on any atom is 0.269 e. The first-order chi connectivity index (χ1) is 11.0. The highest BCUT2D eigenvalue weighted by Crippen LogP contribution is 2.15. The van der Waals surface area contributed by atoms with Crippen LogP contribution in [0.5, 0.6) is 5.88 Å². The Bertz CT molecular complexity index is 735. The van der Waals surface area contributed by atoms with Crippen molar-refractivity contribution >= 4 is 23.2 Å². The SMILES string of the molecule is CNC(=O)C(=N)/C(C)=C\COc1ccn(-c2ccc(Cl)cc2)n1. The van der Waals surface area contributed by atoms with Gasteiger partial charge >= 0.3 is 0 Å². The molecule has 1 aromatic carbocycles. The molecule has 2 N–H and O–H groups in total. The van der Waals surface area contributed by atoms with Gasteiger partial charge in [-0.3, -0.25) is 10.2 Å².